The summed E-state index contributed by atoms with van der Waals surface area (Å²) in [7, 11) is 1.65. The van der Waals surface area contributed by atoms with Crippen molar-refractivity contribution in [2.45, 2.75) is 19.0 Å². The molecule has 0 aliphatic heterocycles. The van der Waals surface area contributed by atoms with Crippen molar-refractivity contribution in [1.29, 1.82) is 0 Å². The zero-order valence-corrected chi connectivity index (χ0v) is 16.0. The average molecular weight is 387 g/mol. The van der Waals surface area contributed by atoms with E-state index >= 15 is 0 Å². The smallest absolute Gasteiger partial charge is 0.243 e. The first-order valence-corrected chi connectivity index (χ1v) is 9.30. The van der Waals surface area contributed by atoms with Gasteiger partial charge in [0.1, 0.15) is 18.4 Å². The first-order valence-electron chi connectivity index (χ1n) is 9.30. The maximum atomic E-state index is 5.22. The van der Waals surface area contributed by atoms with Crippen LogP contribution in [0.2, 0.25) is 0 Å². The number of methoxy groups -OCH3 is 1. The highest BCUT2D eigenvalue weighted by Crippen LogP contribution is 2.24. The predicted molar refractivity (Wildman–Crippen MR) is 109 cm³/mol. The van der Waals surface area contributed by atoms with E-state index in [1.807, 2.05) is 47.1 Å². The van der Waals surface area contributed by atoms with Gasteiger partial charge >= 0.3 is 0 Å². The fraction of sp³-hybridized carbons (Fsp3) is 0.190. The van der Waals surface area contributed by atoms with Gasteiger partial charge in [-0.1, -0.05) is 30.3 Å². The van der Waals surface area contributed by atoms with Crippen LogP contribution in [0.3, 0.4) is 0 Å². The first kappa shape index (κ1) is 18.5. The third-order valence-electron chi connectivity index (χ3n) is 4.56. The summed E-state index contributed by atoms with van der Waals surface area (Å²) in [6, 6.07) is 17.9. The van der Waals surface area contributed by atoms with Crippen molar-refractivity contribution < 1.29 is 4.74 Å². The highest BCUT2D eigenvalue weighted by molar-refractivity contribution is 5.60. The third kappa shape index (κ3) is 4.73. The molecule has 4 rings (SSSR count). The van der Waals surface area contributed by atoms with Gasteiger partial charge in [0.25, 0.3) is 0 Å². The van der Waals surface area contributed by atoms with Gasteiger partial charge in [0, 0.05) is 12.1 Å². The molecule has 0 unspecified atom stereocenters. The van der Waals surface area contributed by atoms with Crippen LogP contribution in [0.1, 0.15) is 18.0 Å². The van der Waals surface area contributed by atoms with E-state index in [1.165, 1.54) is 6.33 Å². The molecule has 8 nitrogen and oxygen atoms in total. The Balaban J connectivity index is 1.54. The summed E-state index contributed by atoms with van der Waals surface area (Å²) in [5.41, 5.74) is 2.84. The molecule has 4 aromatic rings. The van der Waals surface area contributed by atoms with E-state index < -0.39 is 0 Å². The molecule has 0 aliphatic carbocycles. The second-order valence-electron chi connectivity index (χ2n) is 6.45. The summed E-state index contributed by atoms with van der Waals surface area (Å²) in [4.78, 5) is 8.65. The molecular formula is C21H21N7O. The van der Waals surface area contributed by atoms with Crippen molar-refractivity contribution in [1.82, 2.24) is 29.9 Å². The minimum Gasteiger partial charge on any atom is -0.497 e. The Hall–Kier alpha value is -3.81. The van der Waals surface area contributed by atoms with Crippen LogP contribution in [0.4, 0.5) is 5.95 Å². The van der Waals surface area contributed by atoms with E-state index in [0.717, 1.165) is 35.5 Å². The van der Waals surface area contributed by atoms with Crippen LogP contribution < -0.4 is 10.1 Å². The maximum absolute atomic E-state index is 5.22. The molecule has 0 saturated carbocycles. The molecule has 146 valence electrons. The van der Waals surface area contributed by atoms with Crippen molar-refractivity contribution in [2.75, 3.05) is 12.4 Å². The number of anilines is 1. The Morgan fingerprint density at radius 2 is 1.90 bits per heavy atom. The van der Waals surface area contributed by atoms with E-state index in [1.54, 1.807) is 19.6 Å². The molecule has 0 amide bonds. The zero-order valence-electron chi connectivity index (χ0n) is 16.0. The highest BCUT2D eigenvalue weighted by atomic mass is 16.5. The molecule has 0 aliphatic rings. The lowest BCUT2D eigenvalue weighted by atomic mass is 10.0. The summed E-state index contributed by atoms with van der Waals surface area (Å²) in [5, 5.41) is 15.9. The number of aryl methyl sites for hydroxylation is 1. The molecule has 0 spiro atoms. The molecule has 0 bridgehead atoms. The van der Waals surface area contributed by atoms with Gasteiger partial charge < -0.3 is 10.1 Å². The number of aromatic nitrogens is 6. The minimum absolute atomic E-state index is 0.00770. The topological polar surface area (TPSA) is 90.6 Å². The Bertz CT molecular complexity index is 1020. The normalized spacial score (nSPS) is 11.8. The number of nitrogens with one attached hydrogen (secondary N) is 1. The summed E-state index contributed by atoms with van der Waals surface area (Å²) in [6.07, 6.45) is 5.70. The lowest BCUT2D eigenvalue weighted by Crippen LogP contribution is -2.16. The standard InChI is InChI=1S/C21H21N7O/c1-29-18-9-7-17(8-10-18)20-13-23-27-21(26-20)25-19(16-5-3-2-4-6-16)11-12-28-15-22-14-24-28/h2-10,13-15,19H,11-12H2,1H3,(H,25,26,27)/t19-/m0/s1. The Labute approximate surface area is 168 Å². The largest absolute Gasteiger partial charge is 0.497 e. The van der Waals surface area contributed by atoms with Crippen LogP contribution in [0, 0.1) is 0 Å². The van der Waals surface area contributed by atoms with Gasteiger partial charge in [-0.3, -0.25) is 4.68 Å². The number of rotatable bonds is 8. The molecule has 2 aromatic heterocycles. The fourth-order valence-corrected chi connectivity index (χ4v) is 3.04. The number of hydrogen-bond acceptors (Lipinski definition) is 7. The number of nitrogens with zero attached hydrogens (tertiary/aromatic N) is 6. The van der Waals surface area contributed by atoms with Gasteiger partial charge in [-0.25, -0.2) is 9.97 Å². The van der Waals surface area contributed by atoms with Crippen LogP contribution in [-0.2, 0) is 6.54 Å². The summed E-state index contributed by atoms with van der Waals surface area (Å²) in [6.45, 7) is 0.720. The van der Waals surface area contributed by atoms with Crippen molar-refractivity contribution >= 4 is 5.95 Å². The molecule has 0 fully saturated rings. The highest BCUT2D eigenvalue weighted by Gasteiger charge is 2.14. The van der Waals surface area contributed by atoms with Gasteiger partial charge in [-0.15, -0.1) is 5.10 Å². The van der Waals surface area contributed by atoms with Gasteiger partial charge in [-0.2, -0.15) is 10.2 Å². The molecule has 1 atom stereocenters. The number of ether oxygens (including phenoxy) is 1. The lowest BCUT2D eigenvalue weighted by Gasteiger charge is -2.19. The van der Waals surface area contributed by atoms with E-state index in [-0.39, 0.29) is 6.04 Å². The maximum Gasteiger partial charge on any atom is 0.243 e. The molecule has 29 heavy (non-hydrogen) atoms. The van der Waals surface area contributed by atoms with E-state index in [4.69, 9.17) is 4.74 Å². The second kappa shape index (κ2) is 8.92. The van der Waals surface area contributed by atoms with E-state index in [9.17, 15) is 0 Å². The van der Waals surface area contributed by atoms with Crippen molar-refractivity contribution in [3.8, 4) is 17.0 Å². The molecular weight excluding hydrogens is 366 g/mol. The third-order valence-corrected chi connectivity index (χ3v) is 4.56. The average Bonchev–Trinajstić information content (AvgIpc) is 3.31. The monoisotopic (exact) mass is 387 g/mol. The molecule has 8 heteroatoms. The van der Waals surface area contributed by atoms with Crippen LogP contribution in [0.15, 0.2) is 73.4 Å². The van der Waals surface area contributed by atoms with E-state index in [2.05, 4.69) is 42.7 Å². The van der Waals surface area contributed by atoms with Gasteiger partial charge in [0.15, 0.2) is 0 Å². The molecule has 0 saturated heterocycles. The Morgan fingerprint density at radius 3 is 2.62 bits per heavy atom. The van der Waals surface area contributed by atoms with E-state index in [0.29, 0.717) is 5.95 Å². The lowest BCUT2D eigenvalue weighted by molar-refractivity contribution is 0.415. The molecule has 0 radical (unpaired) electrons. The second-order valence-corrected chi connectivity index (χ2v) is 6.45. The van der Waals surface area contributed by atoms with Gasteiger partial charge in [0.2, 0.25) is 5.95 Å². The van der Waals surface area contributed by atoms with Gasteiger partial charge in [0.05, 0.1) is 25.0 Å². The first-order chi connectivity index (χ1) is 14.3. The van der Waals surface area contributed by atoms with Crippen LogP contribution in [0.25, 0.3) is 11.3 Å². The van der Waals surface area contributed by atoms with Crippen molar-refractivity contribution in [3.05, 3.63) is 79.0 Å². The fourth-order valence-electron chi connectivity index (χ4n) is 3.04. The van der Waals surface area contributed by atoms with Crippen molar-refractivity contribution in [2.24, 2.45) is 0 Å². The molecule has 2 aromatic carbocycles. The summed E-state index contributed by atoms with van der Waals surface area (Å²) >= 11 is 0. The SMILES string of the molecule is COc1ccc(-c2cnnc(N[C@@H](CCn3cncn3)c3ccccc3)n2)cc1. The summed E-state index contributed by atoms with van der Waals surface area (Å²) < 4.78 is 7.03. The number of hydrogen-bond donors (Lipinski definition) is 1. The minimum atomic E-state index is 0.00770. The van der Waals surface area contributed by atoms with Crippen molar-refractivity contribution in [3.63, 3.8) is 0 Å². The van der Waals surface area contributed by atoms with Crippen LogP contribution in [0.5, 0.6) is 5.75 Å². The quantitative estimate of drug-likeness (QED) is 0.495. The Kier molecular flexibility index (Phi) is 5.70. The van der Waals surface area contributed by atoms with Crippen LogP contribution >= 0.6 is 0 Å². The molecule has 2 heterocycles. The predicted octanol–water partition coefficient (Wildman–Crippen LogP) is 3.38. The zero-order chi connectivity index (χ0) is 19.9. The van der Waals surface area contributed by atoms with Gasteiger partial charge in [-0.05, 0) is 36.2 Å². The summed E-state index contributed by atoms with van der Waals surface area (Å²) in [5.74, 6) is 1.28. The number of benzene rings is 2. The van der Waals surface area contributed by atoms with Crippen LogP contribution in [-0.4, -0.2) is 37.1 Å². The Morgan fingerprint density at radius 1 is 1.07 bits per heavy atom. The molecule has 1 N–H and O–H groups in total.